The van der Waals surface area contributed by atoms with E-state index in [0.29, 0.717) is 5.92 Å². The minimum Gasteiger partial charge on any atom is -0.338 e. The Morgan fingerprint density at radius 2 is 2.05 bits per heavy atom. The van der Waals surface area contributed by atoms with Crippen molar-refractivity contribution in [2.24, 2.45) is 17.8 Å². The van der Waals surface area contributed by atoms with Crippen LogP contribution in [0.5, 0.6) is 0 Å². The largest absolute Gasteiger partial charge is 0.338 e. The van der Waals surface area contributed by atoms with E-state index in [2.05, 4.69) is 14.9 Å². The zero-order valence-corrected chi connectivity index (χ0v) is 12.5. The van der Waals surface area contributed by atoms with Gasteiger partial charge in [-0.15, -0.1) is 0 Å². The highest BCUT2D eigenvalue weighted by molar-refractivity contribution is 5.74. The van der Waals surface area contributed by atoms with E-state index in [9.17, 15) is 4.79 Å². The van der Waals surface area contributed by atoms with Gasteiger partial charge in [0.2, 0.25) is 0 Å². The van der Waals surface area contributed by atoms with Crippen molar-refractivity contribution in [3.05, 3.63) is 18.2 Å². The van der Waals surface area contributed by atoms with Crippen LogP contribution in [0.3, 0.4) is 0 Å². The van der Waals surface area contributed by atoms with E-state index in [1.807, 2.05) is 17.3 Å². The van der Waals surface area contributed by atoms with E-state index in [1.54, 1.807) is 0 Å². The second kappa shape index (κ2) is 5.35. The Morgan fingerprint density at radius 1 is 1.24 bits per heavy atom. The summed E-state index contributed by atoms with van der Waals surface area (Å²) in [6, 6.07) is 0.154. The topological polar surface area (TPSA) is 50.2 Å². The lowest BCUT2D eigenvalue weighted by atomic mass is 9.99. The van der Waals surface area contributed by atoms with E-state index in [1.165, 1.54) is 25.1 Å². The van der Waals surface area contributed by atoms with E-state index >= 15 is 0 Å². The quantitative estimate of drug-likeness (QED) is 0.903. The fourth-order valence-electron chi connectivity index (χ4n) is 4.35. The van der Waals surface area contributed by atoms with Crippen molar-refractivity contribution in [2.75, 3.05) is 19.6 Å². The second-order valence-corrected chi connectivity index (χ2v) is 6.94. The summed E-state index contributed by atoms with van der Waals surface area (Å²) in [5.41, 5.74) is 0. The van der Waals surface area contributed by atoms with Gasteiger partial charge in [-0.1, -0.05) is 6.42 Å². The lowest BCUT2D eigenvalue weighted by Crippen LogP contribution is -2.42. The van der Waals surface area contributed by atoms with Crippen LogP contribution in [-0.2, 0) is 13.0 Å². The lowest BCUT2D eigenvalue weighted by molar-refractivity contribution is 0.201. The molecule has 5 heteroatoms. The Bertz CT molecular complexity index is 514. The molecule has 2 aliphatic heterocycles. The van der Waals surface area contributed by atoms with Gasteiger partial charge in [0.15, 0.2) is 0 Å². The number of rotatable bonds is 2. The maximum Gasteiger partial charge on any atom is 0.317 e. The van der Waals surface area contributed by atoms with Crippen LogP contribution in [0.25, 0.3) is 0 Å². The maximum absolute atomic E-state index is 12.3. The average molecular weight is 288 g/mol. The molecule has 1 aromatic heterocycles. The van der Waals surface area contributed by atoms with Gasteiger partial charge >= 0.3 is 6.03 Å². The number of aryl methyl sites for hydroxylation is 1. The number of imidazole rings is 1. The number of nitrogens with zero attached hydrogens (tertiary/aromatic N) is 3. The zero-order valence-electron chi connectivity index (χ0n) is 12.5. The Kier molecular flexibility index (Phi) is 3.36. The minimum atomic E-state index is 0.154. The van der Waals surface area contributed by atoms with Crippen LogP contribution in [0.4, 0.5) is 4.79 Å². The van der Waals surface area contributed by atoms with Gasteiger partial charge in [0.1, 0.15) is 5.82 Å². The predicted octanol–water partition coefficient (Wildman–Crippen LogP) is 1.89. The van der Waals surface area contributed by atoms with Gasteiger partial charge < -0.3 is 14.8 Å². The van der Waals surface area contributed by atoms with Crippen molar-refractivity contribution in [2.45, 2.75) is 38.6 Å². The smallest absolute Gasteiger partial charge is 0.317 e. The molecule has 2 fully saturated rings. The van der Waals surface area contributed by atoms with Crippen LogP contribution in [0.2, 0.25) is 0 Å². The maximum atomic E-state index is 12.3. The molecule has 0 radical (unpaired) electrons. The van der Waals surface area contributed by atoms with Crippen LogP contribution in [0, 0.1) is 17.8 Å². The summed E-state index contributed by atoms with van der Waals surface area (Å²) in [4.78, 5) is 18.7. The number of carbonyl (C=O) groups excluding carboxylic acids is 1. The Morgan fingerprint density at radius 3 is 2.86 bits per heavy atom. The molecule has 1 saturated carbocycles. The van der Waals surface area contributed by atoms with Crippen LogP contribution in [-0.4, -0.2) is 40.1 Å². The van der Waals surface area contributed by atoms with Gasteiger partial charge in [-0.05, 0) is 37.0 Å². The molecule has 4 rings (SSSR count). The third-order valence-electron chi connectivity index (χ3n) is 5.59. The minimum absolute atomic E-state index is 0.154. The van der Waals surface area contributed by atoms with Gasteiger partial charge in [-0.25, -0.2) is 9.78 Å². The van der Waals surface area contributed by atoms with Gasteiger partial charge in [0.25, 0.3) is 0 Å². The number of aromatic nitrogens is 2. The summed E-state index contributed by atoms with van der Waals surface area (Å²) in [6.07, 6.45) is 10.1. The highest BCUT2D eigenvalue weighted by Gasteiger charge is 2.38. The van der Waals surface area contributed by atoms with Crippen molar-refractivity contribution in [1.29, 1.82) is 0 Å². The molecular weight excluding hydrogens is 264 g/mol. The molecule has 1 N–H and O–H groups in total. The molecule has 1 saturated heterocycles. The summed E-state index contributed by atoms with van der Waals surface area (Å²) in [7, 11) is 0. The molecular formula is C16H24N4O. The van der Waals surface area contributed by atoms with Gasteiger partial charge in [0.05, 0.1) is 0 Å². The molecule has 0 bridgehead atoms. The third-order valence-corrected chi connectivity index (χ3v) is 5.59. The predicted molar refractivity (Wildman–Crippen MR) is 79.8 cm³/mol. The Balaban J connectivity index is 1.27. The second-order valence-electron chi connectivity index (χ2n) is 6.94. The zero-order chi connectivity index (χ0) is 14.2. The first kappa shape index (κ1) is 13.2. The number of hydrogen-bond donors (Lipinski definition) is 1. The number of nitrogens with one attached hydrogen (secondary N) is 1. The first-order valence-corrected chi connectivity index (χ1v) is 8.32. The SMILES string of the molecule is O=C(NC[C@@H]1CCc2nccn2C1)N1C[C@H]2CCC[C@@H]2C1. The first-order chi connectivity index (χ1) is 10.3. The molecule has 3 atom stereocenters. The Hall–Kier alpha value is -1.52. The van der Waals surface area contributed by atoms with E-state index in [4.69, 9.17) is 0 Å². The van der Waals surface area contributed by atoms with Gasteiger partial charge in [0, 0.05) is 45.0 Å². The number of amides is 2. The average Bonchev–Trinajstić information content (AvgIpc) is 3.18. The normalized spacial score (nSPS) is 31.0. The van der Waals surface area contributed by atoms with Gasteiger partial charge in [-0.2, -0.15) is 0 Å². The van der Waals surface area contributed by atoms with Crippen molar-refractivity contribution >= 4 is 6.03 Å². The first-order valence-electron chi connectivity index (χ1n) is 8.32. The van der Waals surface area contributed by atoms with Crippen molar-refractivity contribution in [3.8, 4) is 0 Å². The number of urea groups is 1. The summed E-state index contributed by atoms with van der Waals surface area (Å²) in [5, 5.41) is 3.16. The molecule has 2 amide bonds. The molecule has 0 unspecified atom stereocenters. The van der Waals surface area contributed by atoms with Gasteiger partial charge in [-0.3, -0.25) is 0 Å². The molecule has 1 aromatic rings. The van der Waals surface area contributed by atoms with Crippen LogP contribution in [0.15, 0.2) is 12.4 Å². The number of carbonyl (C=O) groups is 1. The van der Waals surface area contributed by atoms with Crippen LogP contribution < -0.4 is 5.32 Å². The van der Waals surface area contributed by atoms with Crippen LogP contribution in [0.1, 0.15) is 31.5 Å². The number of fused-ring (bicyclic) bond motifs is 2. The standard InChI is InChI=1S/C16H24N4O/c21-16(20-10-13-2-1-3-14(13)11-20)18-8-12-4-5-15-17-6-7-19(15)9-12/h6-7,12-14H,1-5,8-11H2,(H,18,21)/t12-,13+,14+/m0/s1. The third kappa shape index (κ3) is 2.54. The molecule has 3 aliphatic rings. The number of hydrogen-bond acceptors (Lipinski definition) is 2. The van der Waals surface area contributed by atoms with Crippen molar-refractivity contribution in [1.82, 2.24) is 19.8 Å². The molecule has 5 nitrogen and oxygen atoms in total. The summed E-state index contributed by atoms with van der Waals surface area (Å²) < 4.78 is 2.22. The molecule has 114 valence electrons. The van der Waals surface area contributed by atoms with E-state index in [0.717, 1.165) is 50.9 Å². The fraction of sp³-hybridized carbons (Fsp3) is 0.750. The molecule has 21 heavy (non-hydrogen) atoms. The molecule has 0 spiro atoms. The highest BCUT2D eigenvalue weighted by atomic mass is 16.2. The van der Waals surface area contributed by atoms with Crippen molar-refractivity contribution < 1.29 is 4.79 Å². The Labute approximate surface area is 125 Å². The summed E-state index contributed by atoms with van der Waals surface area (Å²) in [6.45, 7) is 3.74. The lowest BCUT2D eigenvalue weighted by Gasteiger charge is -2.25. The number of likely N-dealkylation sites (tertiary alicyclic amines) is 1. The molecule has 1 aliphatic carbocycles. The molecule has 3 heterocycles. The molecule has 0 aromatic carbocycles. The summed E-state index contributed by atoms with van der Waals surface area (Å²) in [5.74, 6) is 3.28. The fourth-order valence-corrected chi connectivity index (χ4v) is 4.35. The van der Waals surface area contributed by atoms with E-state index in [-0.39, 0.29) is 6.03 Å². The van der Waals surface area contributed by atoms with Crippen molar-refractivity contribution in [3.63, 3.8) is 0 Å². The monoisotopic (exact) mass is 288 g/mol. The van der Waals surface area contributed by atoms with E-state index < -0.39 is 0 Å². The highest BCUT2D eigenvalue weighted by Crippen LogP contribution is 2.37. The summed E-state index contributed by atoms with van der Waals surface area (Å²) >= 11 is 0. The van der Waals surface area contributed by atoms with Crippen LogP contribution >= 0.6 is 0 Å².